The molecule has 0 aliphatic heterocycles. The monoisotopic (exact) mass is 260 g/mol. The molecule has 1 heterocycles. The number of para-hydroxylation sites is 1. The summed E-state index contributed by atoms with van der Waals surface area (Å²) in [7, 11) is 0. The lowest BCUT2D eigenvalue weighted by Crippen LogP contribution is -1.89. The Labute approximate surface area is 117 Å². The first kappa shape index (κ1) is 12.2. The standard InChI is InChI=1S/C17H12N2O/c1-12-10-15(8-7-14(12)11-18)20-16-6-2-4-13-5-3-9-19-17(13)16/h2-10H,1H3. The maximum atomic E-state index is 8.94. The molecular formula is C17H12N2O. The summed E-state index contributed by atoms with van der Waals surface area (Å²) in [5.74, 6) is 1.42. The SMILES string of the molecule is Cc1cc(Oc2cccc3cccnc23)ccc1C#N. The second-order valence-electron chi connectivity index (χ2n) is 4.52. The highest BCUT2D eigenvalue weighted by Crippen LogP contribution is 2.29. The first-order chi connectivity index (χ1) is 9.78. The maximum absolute atomic E-state index is 8.94. The quantitative estimate of drug-likeness (QED) is 0.693. The molecule has 1 aromatic heterocycles. The van der Waals surface area contributed by atoms with Gasteiger partial charge in [0.25, 0.3) is 0 Å². The van der Waals surface area contributed by atoms with Gasteiger partial charge >= 0.3 is 0 Å². The van der Waals surface area contributed by atoms with Crippen molar-refractivity contribution in [3.8, 4) is 17.6 Å². The number of aromatic nitrogens is 1. The zero-order valence-electron chi connectivity index (χ0n) is 11.0. The van der Waals surface area contributed by atoms with Crippen molar-refractivity contribution in [1.82, 2.24) is 4.98 Å². The third-order valence-corrected chi connectivity index (χ3v) is 3.14. The average molecular weight is 260 g/mol. The largest absolute Gasteiger partial charge is 0.455 e. The molecule has 0 amide bonds. The molecule has 3 aromatic rings. The fraction of sp³-hybridized carbons (Fsp3) is 0.0588. The Hall–Kier alpha value is -2.86. The normalized spacial score (nSPS) is 10.2. The van der Waals surface area contributed by atoms with Gasteiger partial charge in [-0.3, -0.25) is 4.98 Å². The van der Waals surface area contributed by atoms with Crippen LogP contribution >= 0.6 is 0 Å². The summed E-state index contributed by atoms with van der Waals surface area (Å²) in [4.78, 5) is 4.36. The molecule has 20 heavy (non-hydrogen) atoms. The van der Waals surface area contributed by atoms with Gasteiger partial charge in [0, 0.05) is 11.6 Å². The van der Waals surface area contributed by atoms with Gasteiger partial charge in [-0.1, -0.05) is 18.2 Å². The van der Waals surface area contributed by atoms with E-state index in [1.165, 1.54) is 0 Å². The number of nitrogens with zero attached hydrogens (tertiary/aromatic N) is 2. The van der Waals surface area contributed by atoms with E-state index in [1.54, 1.807) is 18.3 Å². The van der Waals surface area contributed by atoms with Crippen LogP contribution in [0.3, 0.4) is 0 Å². The summed E-state index contributed by atoms with van der Waals surface area (Å²) in [5.41, 5.74) is 2.39. The number of nitriles is 1. The summed E-state index contributed by atoms with van der Waals surface area (Å²) in [6, 6.07) is 17.3. The molecule has 0 N–H and O–H groups in total. The van der Waals surface area contributed by atoms with Gasteiger partial charge in [-0.05, 0) is 42.8 Å². The van der Waals surface area contributed by atoms with Crippen molar-refractivity contribution in [3.05, 3.63) is 65.9 Å². The third-order valence-electron chi connectivity index (χ3n) is 3.14. The van der Waals surface area contributed by atoms with E-state index >= 15 is 0 Å². The van der Waals surface area contributed by atoms with Crippen LogP contribution in [-0.4, -0.2) is 4.98 Å². The number of pyridine rings is 1. The number of aryl methyl sites for hydroxylation is 1. The van der Waals surface area contributed by atoms with Crippen molar-refractivity contribution in [2.24, 2.45) is 0 Å². The highest BCUT2D eigenvalue weighted by Gasteiger charge is 2.05. The van der Waals surface area contributed by atoms with Crippen LogP contribution in [0.25, 0.3) is 10.9 Å². The van der Waals surface area contributed by atoms with E-state index in [0.29, 0.717) is 17.1 Å². The Morgan fingerprint density at radius 3 is 2.75 bits per heavy atom. The van der Waals surface area contributed by atoms with E-state index in [4.69, 9.17) is 10.00 Å². The number of hydrogen-bond acceptors (Lipinski definition) is 3. The molecule has 0 bridgehead atoms. The van der Waals surface area contributed by atoms with E-state index in [-0.39, 0.29) is 0 Å². The summed E-state index contributed by atoms with van der Waals surface area (Å²) >= 11 is 0. The molecule has 0 aliphatic rings. The lowest BCUT2D eigenvalue weighted by Gasteiger charge is -2.09. The topological polar surface area (TPSA) is 45.9 Å². The number of hydrogen-bond donors (Lipinski definition) is 0. The number of ether oxygens (including phenoxy) is 1. The summed E-state index contributed by atoms with van der Waals surface area (Å²) in [5, 5.41) is 9.98. The minimum Gasteiger partial charge on any atom is -0.455 e. The van der Waals surface area contributed by atoms with Gasteiger partial charge in [-0.15, -0.1) is 0 Å². The molecule has 0 saturated carbocycles. The second kappa shape index (κ2) is 5.02. The molecule has 0 radical (unpaired) electrons. The van der Waals surface area contributed by atoms with E-state index in [2.05, 4.69) is 11.1 Å². The van der Waals surface area contributed by atoms with E-state index in [0.717, 1.165) is 16.5 Å². The fourth-order valence-electron chi connectivity index (χ4n) is 2.11. The molecule has 0 spiro atoms. The minimum absolute atomic E-state index is 0.661. The average Bonchev–Trinajstić information content (AvgIpc) is 2.48. The van der Waals surface area contributed by atoms with Gasteiger partial charge in [0.2, 0.25) is 0 Å². The van der Waals surface area contributed by atoms with Gasteiger partial charge in [-0.25, -0.2) is 0 Å². The van der Waals surface area contributed by atoms with Crippen LogP contribution in [0.2, 0.25) is 0 Å². The summed E-state index contributed by atoms with van der Waals surface area (Å²) < 4.78 is 5.90. The van der Waals surface area contributed by atoms with Gasteiger partial charge < -0.3 is 4.74 Å². The van der Waals surface area contributed by atoms with Crippen molar-refractivity contribution < 1.29 is 4.74 Å². The van der Waals surface area contributed by atoms with Crippen molar-refractivity contribution >= 4 is 10.9 Å². The Morgan fingerprint density at radius 1 is 1.10 bits per heavy atom. The number of fused-ring (bicyclic) bond motifs is 1. The van der Waals surface area contributed by atoms with Crippen LogP contribution in [-0.2, 0) is 0 Å². The van der Waals surface area contributed by atoms with Crippen LogP contribution in [0, 0.1) is 18.3 Å². The van der Waals surface area contributed by atoms with E-state index in [9.17, 15) is 0 Å². The molecule has 0 saturated heterocycles. The highest BCUT2D eigenvalue weighted by atomic mass is 16.5. The Balaban J connectivity index is 2.02. The lowest BCUT2D eigenvalue weighted by atomic mass is 10.1. The molecule has 0 atom stereocenters. The molecular weight excluding hydrogens is 248 g/mol. The van der Waals surface area contributed by atoms with E-state index < -0.39 is 0 Å². The van der Waals surface area contributed by atoms with Crippen LogP contribution in [0.15, 0.2) is 54.7 Å². The van der Waals surface area contributed by atoms with Gasteiger partial charge in [0.1, 0.15) is 11.3 Å². The molecule has 3 nitrogen and oxygen atoms in total. The second-order valence-corrected chi connectivity index (χ2v) is 4.52. The predicted octanol–water partition coefficient (Wildman–Crippen LogP) is 4.21. The van der Waals surface area contributed by atoms with Crippen LogP contribution in [0.5, 0.6) is 11.5 Å². The summed E-state index contributed by atoms with van der Waals surface area (Å²) in [6.07, 6.45) is 1.75. The lowest BCUT2D eigenvalue weighted by molar-refractivity contribution is 0.486. The Kier molecular flexibility index (Phi) is 3.06. The van der Waals surface area contributed by atoms with Crippen molar-refractivity contribution in [2.45, 2.75) is 6.92 Å². The van der Waals surface area contributed by atoms with Crippen LogP contribution < -0.4 is 4.74 Å². The van der Waals surface area contributed by atoms with Gasteiger partial charge in [-0.2, -0.15) is 5.26 Å². The highest BCUT2D eigenvalue weighted by molar-refractivity contribution is 5.84. The van der Waals surface area contributed by atoms with Crippen LogP contribution in [0.1, 0.15) is 11.1 Å². The van der Waals surface area contributed by atoms with Gasteiger partial charge in [0.15, 0.2) is 5.75 Å². The maximum Gasteiger partial charge on any atom is 0.153 e. The van der Waals surface area contributed by atoms with E-state index in [1.807, 2.05) is 43.3 Å². The molecule has 0 fully saturated rings. The van der Waals surface area contributed by atoms with Crippen LogP contribution in [0.4, 0.5) is 0 Å². The van der Waals surface area contributed by atoms with Crippen molar-refractivity contribution in [2.75, 3.05) is 0 Å². The van der Waals surface area contributed by atoms with Gasteiger partial charge in [0.05, 0.1) is 11.6 Å². The molecule has 3 heteroatoms. The molecule has 2 aromatic carbocycles. The number of benzene rings is 2. The Morgan fingerprint density at radius 2 is 1.95 bits per heavy atom. The zero-order chi connectivity index (χ0) is 13.9. The number of rotatable bonds is 2. The van der Waals surface area contributed by atoms with Crippen molar-refractivity contribution in [1.29, 1.82) is 5.26 Å². The molecule has 0 aliphatic carbocycles. The first-order valence-corrected chi connectivity index (χ1v) is 6.30. The molecule has 96 valence electrons. The Bertz CT molecular complexity index is 813. The minimum atomic E-state index is 0.661. The third kappa shape index (κ3) is 2.19. The summed E-state index contributed by atoms with van der Waals surface area (Å²) in [6.45, 7) is 1.90. The fourth-order valence-corrected chi connectivity index (χ4v) is 2.11. The van der Waals surface area contributed by atoms with Crippen molar-refractivity contribution in [3.63, 3.8) is 0 Å². The first-order valence-electron chi connectivity index (χ1n) is 6.30. The smallest absolute Gasteiger partial charge is 0.153 e. The zero-order valence-corrected chi connectivity index (χ0v) is 11.0. The predicted molar refractivity (Wildman–Crippen MR) is 77.7 cm³/mol. The molecule has 3 rings (SSSR count). The molecule has 0 unspecified atom stereocenters.